The van der Waals surface area contributed by atoms with Crippen LogP contribution in [0.5, 0.6) is 5.75 Å². The number of hydrogen-bond donors (Lipinski definition) is 2. The number of nitrogens with one attached hydrogen (secondary N) is 1. The third-order valence-corrected chi connectivity index (χ3v) is 4.05. The van der Waals surface area contributed by atoms with Gasteiger partial charge in [0, 0.05) is 6.04 Å². The first-order chi connectivity index (χ1) is 9.69. The standard InChI is InChI=1S/C17H27NO2/c1-3-18-13(2)7-8-14-9-11-15(12-10-14)20-17-6-4-5-16(17)19/h9-13,16-19H,3-8H2,1-2H3. The summed E-state index contributed by atoms with van der Waals surface area (Å²) in [7, 11) is 0. The molecular weight excluding hydrogens is 250 g/mol. The minimum Gasteiger partial charge on any atom is -0.488 e. The molecule has 20 heavy (non-hydrogen) atoms. The fourth-order valence-electron chi connectivity index (χ4n) is 2.79. The van der Waals surface area contributed by atoms with Crippen molar-refractivity contribution in [3.05, 3.63) is 29.8 Å². The monoisotopic (exact) mass is 277 g/mol. The van der Waals surface area contributed by atoms with Crippen LogP contribution in [0, 0.1) is 0 Å². The van der Waals surface area contributed by atoms with E-state index in [1.807, 2.05) is 12.1 Å². The quantitative estimate of drug-likeness (QED) is 0.805. The zero-order chi connectivity index (χ0) is 14.4. The van der Waals surface area contributed by atoms with Gasteiger partial charge >= 0.3 is 0 Å². The molecule has 1 aliphatic carbocycles. The zero-order valence-corrected chi connectivity index (χ0v) is 12.6. The van der Waals surface area contributed by atoms with Gasteiger partial charge in [-0.3, -0.25) is 0 Å². The van der Waals surface area contributed by atoms with Crippen LogP contribution in [-0.2, 0) is 6.42 Å². The van der Waals surface area contributed by atoms with Gasteiger partial charge in [-0.15, -0.1) is 0 Å². The molecule has 0 aliphatic heterocycles. The summed E-state index contributed by atoms with van der Waals surface area (Å²) in [5, 5.41) is 13.2. The van der Waals surface area contributed by atoms with Gasteiger partial charge in [-0.05, 0) is 63.3 Å². The van der Waals surface area contributed by atoms with E-state index in [1.54, 1.807) is 0 Å². The summed E-state index contributed by atoms with van der Waals surface area (Å²) in [6.45, 7) is 5.39. The number of hydrogen-bond acceptors (Lipinski definition) is 3. The predicted octanol–water partition coefficient (Wildman–Crippen LogP) is 2.91. The van der Waals surface area contributed by atoms with E-state index in [0.29, 0.717) is 6.04 Å². The van der Waals surface area contributed by atoms with Crippen molar-refractivity contribution in [2.24, 2.45) is 0 Å². The Labute approximate surface area is 122 Å². The second-order valence-corrected chi connectivity index (χ2v) is 5.80. The van der Waals surface area contributed by atoms with Gasteiger partial charge in [-0.1, -0.05) is 19.1 Å². The average molecular weight is 277 g/mol. The SMILES string of the molecule is CCNC(C)CCc1ccc(OC2CCCC2O)cc1. The summed E-state index contributed by atoms with van der Waals surface area (Å²) in [5.74, 6) is 0.874. The third-order valence-electron chi connectivity index (χ3n) is 4.05. The van der Waals surface area contributed by atoms with Gasteiger partial charge in [-0.25, -0.2) is 0 Å². The van der Waals surface area contributed by atoms with Gasteiger partial charge in [-0.2, -0.15) is 0 Å². The van der Waals surface area contributed by atoms with E-state index in [2.05, 4.69) is 31.3 Å². The smallest absolute Gasteiger partial charge is 0.124 e. The number of aryl methyl sites for hydroxylation is 1. The van der Waals surface area contributed by atoms with Crippen LogP contribution in [0.3, 0.4) is 0 Å². The van der Waals surface area contributed by atoms with Crippen molar-refractivity contribution in [2.75, 3.05) is 6.54 Å². The Morgan fingerprint density at radius 1 is 1.30 bits per heavy atom. The zero-order valence-electron chi connectivity index (χ0n) is 12.6. The lowest BCUT2D eigenvalue weighted by atomic mass is 10.1. The van der Waals surface area contributed by atoms with Crippen LogP contribution in [0.2, 0.25) is 0 Å². The molecule has 1 aliphatic rings. The summed E-state index contributed by atoms with van der Waals surface area (Å²) >= 11 is 0. The summed E-state index contributed by atoms with van der Waals surface area (Å²) in [6, 6.07) is 8.88. The van der Waals surface area contributed by atoms with E-state index in [9.17, 15) is 5.11 Å². The van der Waals surface area contributed by atoms with Crippen LogP contribution < -0.4 is 10.1 Å². The molecule has 3 heteroatoms. The summed E-state index contributed by atoms with van der Waals surface area (Å²) in [4.78, 5) is 0. The van der Waals surface area contributed by atoms with Gasteiger partial charge in [0.05, 0.1) is 6.10 Å². The lowest BCUT2D eigenvalue weighted by molar-refractivity contribution is 0.0604. The first-order valence-corrected chi connectivity index (χ1v) is 7.86. The van der Waals surface area contributed by atoms with Crippen LogP contribution in [0.1, 0.15) is 45.1 Å². The highest BCUT2D eigenvalue weighted by atomic mass is 16.5. The Hall–Kier alpha value is -1.06. The minimum absolute atomic E-state index is 0.0189. The van der Waals surface area contributed by atoms with E-state index in [0.717, 1.165) is 44.4 Å². The van der Waals surface area contributed by atoms with Crippen molar-refractivity contribution in [1.29, 1.82) is 0 Å². The summed E-state index contributed by atoms with van der Waals surface area (Å²) < 4.78 is 5.84. The Bertz CT molecular complexity index is 390. The molecule has 0 spiro atoms. The maximum atomic E-state index is 9.77. The van der Waals surface area contributed by atoms with Crippen molar-refractivity contribution in [3.63, 3.8) is 0 Å². The van der Waals surface area contributed by atoms with Crippen molar-refractivity contribution >= 4 is 0 Å². The van der Waals surface area contributed by atoms with Gasteiger partial charge in [0.2, 0.25) is 0 Å². The van der Waals surface area contributed by atoms with Crippen molar-refractivity contribution < 1.29 is 9.84 Å². The highest BCUT2D eigenvalue weighted by Gasteiger charge is 2.26. The topological polar surface area (TPSA) is 41.5 Å². The van der Waals surface area contributed by atoms with Gasteiger partial charge in [0.25, 0.3) is 0 Å². The molecule has 0 saturated heterocycles. The molecule has 3 nitrogen and oxygen atoms in total. The molecule has 3 atom stereocenters. The van der Waals surface area contributed by atoms with E-state index >= 15 is 0 Å². The molecule has 1 aromatic rings. The molecular formula is C17H27NO2. The number of aliphatic hydroxyl groups is 1. The second-order valence-electron chi connectivity index (χ2n) is 5.80. The summed E-state index contributed by atoms with van der Waals surface area (Å²) in [6.07, 6.45) is 4.81. The highest BCUT2D eigenvalue weighted by molar-refractivity contribution is 5.27. The maximum absolute atomic E-state index is 9.77. The fraction of sp³-hybridized carbons (Fsp3) is 0.647. The molecule has 2 N–H and O–H groups in total. The Morgan fingerprint density at radius 3 is 2.65 bits per heavy atom. The largest absolute Gasteiger partial charge is 0.488 e. The molecule has 3 unspecified atom stereocenters. The van der Waals surface area contributed by atoms with E-state index < -0.39 is 0 Å². The fourth-order valence-corrected chi connectivity index (χ4v) is 2.79. The molecule has 2 rings (SSSR count). The first kappa shape index (κ1) is 15.3. The van der Waals surface area contributed by atoms with Crippen molar-refractivity contribution in [2.45, 2.75) is 64.2 Å². The number of benzene rings is 1. The van der Waals surface area contributed by atoms with Crippen LogP contribution in [0.25, 0.3) is 0 Å². The van der Waals surface area contributed by atoms with Gasteiger partial charge < -0.3 is 15.2 Å². The van der Waals surface area contributed by atoms with E-state index in [1.165, 1.54) is 5.56 Å². The molecule has 0 bridgehead atoms. The molecule has 1 fully saturated rings. The minimum atomic E-state index is -0.296. The van der Waals surface area contributed by atoms with Crippen LogP contribution in [-0.4, -0.2) is 29.9 Å². The first-order valence-electron chi connectivity index (χ1n) is 7.86. The molecule has 0 heterocycles. The van der Waals surface area contributed by atoms with Crippen molar-refractivity contribution in [3.8, 4) is 5.75 Å². The highest BCUT2D eigenvalue weighted by Crippen LogP contribution is 2.25. The lowest BCUT2D eigenvalue weighted by Gasteiger charge is -2.17. The summed E-state index contributed by atoms with van der Waals surface area (Å²) in [5.41, 5.74) is 1.34. The van der Waals surface area contributed by atoms with Gasteiger partial charge in [0.1, 0.15) is 11.9 Å². The Kier molecular flexibility index (Phi) is 5.86. The Balaban J connectivity index is 1.80. The predicted molar refractivity (Wildman–Crippen MR) is 82.2 cm³/mol. The molecule has 1 aromatic carbocycles. The van der Waals surface area contributed by atoms with Crippen LogP contribution >= 0.6 is 0 Å². The second kappa shape index (κ2) is 7.65. The van der Waals surface area contributed by atoms with Gasteiger partial charge in [0.15, 0.2) is 0 Å². The normalized spacial score (nSPS) is 23.8. The average Bonchev–Trinajstić information content (AvgIpc) is 2.84. The van der Waals surface area contributed by atoms with E-state index in [-0.39, 0.29) is 12.2 Å². The molecule has 0 amide bonds. The maximum Gasteiger partial charge on any atom is 0.124 e. The third kappa shape index (κ3) is 4.50. The van der Waals surface area contributed by atoms with Crippen molar-refractivity contribution in [1.82, 2.24) is 5.32 Å². The van der Waals surface area contributed by atoms with Crippen LogP contribution in [0.15, 0.2) is 24.3 Å². The molecule has 0 aromatic heterocycles. The molecule has 0 radical (unpaired) electrons. The lowest BCUT2D eigenvalue weighted by Crippen LogP contribution is -2.26. The van der Waals surface area contributed by atoms with E-state index in [4.69, 9.17) is 4.74 Å². The number of aliphatic hydroxyl groups excluding tert-OH is 1. The Morgan fingerprint density at radius 2 is 2.05 bits per heavy atom. The number of ether oxygens (including phenoxy) is 1. The van der Waals surface area contributed by atoms with Crippen LogP contribution in [0.4, 0.5) is 0 Å². The molecule has 112 valence electrons. The number of rotatable bonds is 7. The molecule has 1 saturated carbocycles.